The molecule has 0 bridgehead atoms. The first kappa shape index (κ1) is 18.8. The van der Waals surface area contributed by atoms with E-state index in [9.17, 15) is 9.59 Å². The van der Waals surface area contributed by atoms with Crippen molar-refractivity contribution in [3.63, 3.8) is 0 Å². The first-order valence-electron chi connectivity index (χ1n) is 7.15. The van der Waals surface area contributed by atoms with Gasteiger partial charge in [-0.2, -0.15) is 0 Å². The summed E-state index contributed by atoms with van der Waals surface area (Å²) < 4.78 is 9.81. The first-order valence-corrected chi connectivity index (χ1v) is 7.91. The summed E-state index contributed by atoms with van der Waals surface area (Å²) in [5, 5.41) is 3.34. The smallest absolute Gasteiger partial charge is 0.341 e. The molecule has 0 saturated carbocycles. The average molecular weight is 380 g/mol. The second-order valence-electron chi connectivity index (χ2n) is 4.87. The van der Waals surface area contributed by atoms with Gasteiger partial charge in [0.15, 0.2) is 0 Å². The van der Waals surface area contributed by atoms with E-state index in [1.807, 2.05) is 6.07 Å². The molecule has 2 rings (SSSR count). The van der Waals surface area contributed by atoms with Crippen LogP contribution in [0.2, 0.25) is 10.0 Å². The van der Waals surface area contributed by atoms with Crippen molar-refractivity contribution in [1.82, 2.24) is 0 Å². The topological polar surface area (TPSA) is 64.6 Å². The van der Waals surface area contributed by atoms with Gasteiger partial charge in [-0.25, -0.2) is 4.79 Å². The van der Waals surface area contributed by atoms with E-state index in [1.165, 1.54) is 32.4 Å². The molecule has 2 aromatic rings. The Morgan fingerprint density at radius 2 is 1.80 bits per heavy atom. The van der Waals surface area contributed by atoms with Gasteiger partial charge < -0.3 is 14.8 Å². The first-order chi connectivity index (χ1) is 12.0. The van der Waals surface area contributed by atoms with E-state index in [1.54, 1.807) is 24.3 Å². The highest BCUT2D eigenvalue weighted by molar-refractivity contribution is 6.34. The fourth-order valence-electron chi connectivity index (χ4n) is 2.04. The molecule has 0 heterocycles. The fraction of sp³-hybridized carbons (Fsp3) is 0.111. The quantitative estimate of drug-likeness (QED) is 0.615. The number of hydrogen-bond donors (Lipinski definition) is 1. The summed E-state index contributed by atoms with van der Waals surface area (Å²) in [6.45, 7) is 0. The molecule has 5 nitrogen and oxygen atoms in total. The largest absolute Gasteiger partial charge is 0.496 e. The molecular weight excluding hydrogens is 365 g/mol. The molecule has 0 aromatic heterocycles. The molecule has 1 amide bonds. The maximum Gasteiger partial charge on any atom is 0.341 e. The van der Waals surface area contributed by atoms with Crippen molar-refractivity contribution in [3.8, 4) is 5.75 Å². The standard InChI is InChI=1S/C18H15Cl2NO4/c1-24-16-10-15(14(20)9-12(16)18(23)25-2)21-17(22)8-7-11-5-3-4-6-13(11)19/h3-10H,1-2H3,(H,21,22)/b8-7+. The fourth-order valence-corrected chi connectivity index (χ4v) is 2.45. The van der Waals surface area contributed by atoms with Crippen molar-refractivity contribution in [2.24, 2.45) is 0 Å². The molecule has 0 saturated heterocycles. The van der Waals surface area contributed by atoms with Crippen LogP contribution in [0.1, 0.15) is 15.9 Å². The van der Waals surface area contributed by atoms with Crippen molar-refractivity contribution >= 4 is 46.8 Å². The minimum Gasteiger partial charge on any atom is -0.496 e. The Morgan fingerprint density at radius 1 is 1.08 bits per heavy atom. The van der Waals surface area contributed by atoms with E-state index >= 15 is 0 Å². The van der Waals surface area contributed by atoms with Crippen molar-refractivity contribution in [2.75, 3.05) is 19.5 Å². The summed E-state index contributed by atoms with van der Waals surface area (Å²) >= 11 is 12.2. The van der Waals surface area contributed by atoms with Crippen LogP contribution in [0.4, 0.5) is 5.69 Å². The Kier molecular flexibility index (Phi) is 6.44. The lowest BCUT2D eigenvalue weighted by Gasteiger charge is -2.11. The Labute approximate surface area is 155 Å². The van der Waals surface area contributed by atoms with E-state index < -0.39 is 11.9 Å². The second kappa shape index (κ2) is 8.55. The third-order valence-electron chi connectivity index (χ3n) is 3.27. The molecule has 7 heteroatoms. The molecule has 0 atom stereocenters. The summed E-state index contributed by atoms with van der Waals surface area (Å²) in [5.41, 5.74) is 1.18. The van der Waals surface area contributed by atoms with Gasteiger partial charge >= 0.3 is 5.97 Å². The van der Waals surface area contributed by atoms with Crippen LogP contribution in [-0.2, 0) is 9.53 Å². The van der Waals surface area contributed by atoms with Gasteiger partial charge in [0.05, 0.1) is 24.9 Å². The predicted octanol–water partition coefficient (Wildman–Crippen LogP) is 4.44. The lowest BCUT2D eigenvalue weighted by Crippen LogP contribution is -2.10. The third kappa shape index (κ3) is 4.75. The average Bonchev–Trinajstić information content (AvgIpc) is 2.61. The van der Waals surface area contributed by atoms with Crippen LogP contribution < -0.4 is 10.1 Å². The summed E-state index contributed by atoms with van der Waals surface area (Å²) in [7, 11) is 2.66. The van der Waals surface area contributed by atoms with Gasteiger partial charge in [0.25, 0.3) is 0 Å². The van der Waals surface area contributed by atoms with Gasteiger partial charge in [-0.1, -0.05) is 41.4 Å². The second-order valence-corrected chi connectivity index (χ2v) is 5.68. The van der Waals surface area contributed by atoms with Crippen LogP contribution in [0.5, 0.6) is 5.75 Å². The number of benzene rings is 2. The molecular formula is C18H15Cl2NO4. The summed E-state index contributed by atoms with van der Waals surface area (Å²) in [5.74, 6) is -0.758. The molecule has 1 N–H and O–H groups in total. The number of nitrogens with one attached hydrogen (secondary N) is 1. The lowest BCUT2D eigenvalue weighted by atomic mass is 10.1. The highest BCUT2D eigenvalue weighted by Crippen LogP contribution is 2.31. The Balaban J connectivity index is 2.21. The molecule has 0 fully saturated rings. The summed E-state index contributed by atoms with van der Waals surface area (Å²) in [6.07, 6.45) is 2.92. The number of methoxy groups -OCH3 is 2. The monoisotopic (exact) mass is 379 g/mol. The van der Waals surface area contributed by atoms with Crippen LogP contribution in [0.15, 0.2) is 42.5 Å². The Bertz CT molecular complexity index is 834. The van der Waals surface area contributed by atoms with Crippen LogP contribution in [0.3, 0.4) is 0 Å². The van der Waals surface area contributed by atoms with Crippen molar-refractivity contribution in [2.45, 2.75) is 0 Å². The maximum atomic E-state index is 12.1. The molecule has 130 valence electrons. The molecule has 0 spiro atoms. The Hall–Kier alpha value is -2.50. The molecule has 0 aliphatic heterocycles. The minimum atomic E-state index is -0.588. The van der Waals surface area contributed by atoms with Gasteiger partial charge in [-0.3, -0.25) is 4.79 Å². The van der Waals surface area contributed by atoms with Gasteiger partial charge in [0.2, 0.25) is 5.91 Å². The van der Waals surface area contributed by atoms with Crippen LogP contribution in [0, 0.1) is 0 Å². The van der Waals surface area contributed by atoms with E-state index in [-0.39, 0.29) is 16.3 Å². The minimum absolute atomic E-state index is 0.166. The molecule has 0 radical (unpaired) electrons. The van der Waals surface area contributed by atoms with Crippen LogP contribution >= 0.6 is 23.2 Å². The van der Waals surface area contributed by atoms with Gasteiger partial charge in [0.1, 0.15) is 11.3 Å². The number of ether oxygens (including phenoxy) is 2. The van der Waals surface area contributed by atoms with Crippen molar-refractivity contribution in [1.29, 1.82) is 0 Å². The number of halogens is 2. The zero-order valence-electron chi connectivity index (χ0n) is 13.5. The zero-order valence-corrected chi connectivity index (χ0v) is 15.0. The van der Waals surface area contributed by atoms with Gasteiger partial charge in [0, 0.05) is 17.2 Å². The SMILES string of the molecule is COC(=O)c1cc(Cl)c(NC(=O)/C=C/c2ccccc2Cl)cc1OC. The number of amides is 1. The number of carbonyl (C=O) groups is 2. The van der Waals surface area contributed by atoms with E-state index in [2.05, 4.69) is 10.1 Å². The third-order valence-corrected chi connectivity index (χ3v) is 3.93. The van der Waals surface area contributed by atoms with Gasteiger partial charge in [-0.05, 0) is 23.8 Å². The Morgan fingerprint density at radius 3 is 2.44 bits per heavy atom. The highest BCUT2D eigenvalue weighted by Gasteiger charge is 2.17. The predicted molar refractivity (Wildman–Crippen MR) is 98.5 cm³/mol. The number of esters is 1. The molecule has 0 unspecified atom stereocenters. The summed E-state index contributed by atoms with van der Waals surface area (Å²) in [4.78, 5) is 23.8. The van der Waals surface area contributed by atoms with Crippen molar-refractivity contribution < 1.29 is 19.1 Å². The molecule has 0 aliphatic rings. The molecule has 0 aliphatic carbocycles. The van der Waals surface area contributed by atoms with E-state index in [0.29, 0.717) is 16.3 Å². The number of hydrogen-bond acceptors (Lipinski definition) is 4. The van der Waals surface area contributed by atoms with Crippen molar-refractivity contribution in [3.05, 3.63) is 63.6 Å². The molecule has 2 aromatic carbocycles. The number of carbonyl (C=O) groups excluding carboxylic acids is 2. The van der Waals surface area contributed by atoms with E-state index in [4.69, 9.17) is 27.9 Å². The van der Waals surface area contributed by atoms with Crippen LogP contribution in [-0.4, -0.2) is 26.1 Å². The molecule has 25 heavy (non-hydrogen) atoms. The highest BCUT2D eigenvalue weighted by atomic mass is 35.5. The summed E-state index contributed by atoms with van der Waals surface area (Å²) in [6, 6.07) is 9.96. The number of rotatable bonds is 5. The van der Waals surface area contributed by atoms with E-state index in [0.717, 1.165) is 0 Å². The lowest BCUT2D eigenvalue weighted by molar-refractivity contribution is -0.111. The zero-order chi connectivity index (χ0) is 18.4. The van der Waals surface area contributed by atoms with Gasteiger partial charge in [-0.15, -0.1) is 0 Å². The normalized spacial score (nSPS) is 10.6. The maximum absolute atomic E-state index is 12.1. The number of anilines is 1. The van der Waals surface area contributed by atoms with Crippen LogP contribution in [0.25, 0.3) is 6.08 Å².